The number of sulfonamides is 1. The summed E-state index contributed by atoms with van der Waals surface area (Å²) in [4.78, 5) is 34.4. The fourth-order valence-electron chi connectivity index (χ4n) is 2.94. The van der Waals surface area contributed by atoms with Crippen LogP contribution in [0.5, 0.6) is 0 Å². The van der Waals surface area contributed by atoms with E-state index in [-0.39, 0.29) is 42.2 Å². The lowest BCUT2D eigenvalue weighted by atomic mass is 10.0. The first-order valence-electron chi connectivity index (χ1n) is 8.77. The maximum absolute atomic E-state index is 12.8. The van der Waals surface area contributed by atoms with Crippen LogP contribution in [0, 0.1) is 5.92 Å². The second-order valence-electron chi connectivity index (χ2n) is 6.30. The topological polar surface area (TPSA) is 118 Å². The fraction of sp³-hybridized carbons (Fsp3) is 0.500. The van der Waals surface area contributed by atoms with Crippen LogP contribution < -0.4 is 0 Å². The molecule has 1 aliphatic rings. The summed E-state index contributed by atoms with van der Waals surface area (Å²) in [5.41, 5.74) is 0.262. The van der Waals surface area contributed by atoms with Crippen LogP contribution >= 0.6 is 0 Å². The SMILES string of the molecule is CCOC(=O)C1CCCN(S(=O)(=O)c2ccc(C(=O)CCC(=O)O)cc2)C1. The largest absolute Gasteiger partial charge is 0.481 e. The molecule has 2 rings (SSSR count). The van der Waals surface area contributed by atoms with Crippen LogP contribution in [0.15, 0.2) is 29.2 Å². The van der Waals surface area contributed by atoms with Gasteiger partial charge in [-0.25, -0.2) is 8.42 Å². The zero-order valence-corrected chi connectivity index (χ0v) is 15.9. The molecular weight excluding hydrogens is 374 g/mol. The van der Waals surface area contributed by atoms with Crippen LogP contribution in [-0.4, -0.2) is 55.2 Å². The summed E-state index contributed by atoms with van der Waals surface area (Å²) in [5.74, 6) is -2.30. The number of ether oxygens (including phenoxy) is 1. The minimum Gasteiger partial charge on any atom is -0.481 e. The van der Waals surface area contributed by atoms with E-state index in [0.29, 0.717) is 19.4 Å². The Bertz CT molecular complexity index is 802. The molecule has 1 aromatic rings. The van der Waals surface area contributed by atoms with Crippen LogP contribution in [0.1, 0.15) is 43.0 Å². The van der Waals surface area contributed by atoms with E-state index in [1.807, 2.05) is 0 Å². The number of aliphatic carboxylic acids is 1. The smallest absolute Gasteiger partial charge is 0.310 e. The number of esters is 1. The van der Waals surface area contributed by atoms with Gasteiger partial charge >= 0.3 is 11.9 Å². The van der Waals surface area contributed by atoms with E-state index in [1.165, 1.54) is 28.6 Å². The third-order valence-electron chi connectivity index (χ3n) is 4.38. The third kappa shape index (κ3) is 5.36. The van der Waals surface area contributed by atoms with E-state index in [2.05, 4.69) is 0 Å². The molecular formula is C18H23NO7S. The molecule has 1 fully saturated rings. The number of piperidine rings is 1. The summed E-state index contributed by atoms with van der Waals surface area (Å²) in [6.07, 6.45) is 0.729. The van der Waals surface area contributed by atoms with Crippen molar-refractivity contribution < 1.29 is 32.6 Å². The van der Waals surface area contributed by atoms with E-state index < -0.39 is 27.9 Å². The number of hydrogen-bond acceptors (Lipinski definition) is 6. The van der Waals surface area contributed by atoms with Gasteiger partial charge in [0.05, 0.1) is 23.8 Å². The molecule has 0 radical (unpaired) electrons. The number of ketones is 1. The summed E-state index contributed by atoms with van der Waals surface area (Å²) in [5, 5.41) is 8.63. The number of carbonyl (C=O) groups is 3. The zero-order valence-electron chi connectivity index (χ0n) is 15.1. The van der Waals surface area contributed by atoms with Crippen molar-refractivity contribution in [3.8, 4) is 0 Å². The lowest BCUT2D eigenvalue weighted by molar-refractivity contribution is -0.149. The minimum atomic E-state index is -3.79. The number of carboxylic acids is 1. The Kier molecular flexibility index (Phi) is 7.09. The van der Waals surface area contributed by atoms with Gasteiger partial charge in [0.15, 0.2) is 5.78 Å². The quantitative estimate of drug-likeness (QED) is 0.524. The number of benzene rings is 1. The standard InChI is InChI=1S/C18H23NO7S/c1-2-26-18(23)14-4-3-11-19(12-14)27(24,25)15-7-5-13(6-8-15)16(20)9-10-17(21)22/h5-8,14H,2-4,9-12H2,1H3,(H,21,22). The number of rotatable bonds is 8. The van der Waals surface area contributed by atoms with Crippen molar-refractivity contribution in [3.05, 3.63) is 29.8 Å². The first-order chi connectivity index (χ1) is 12.8. The summed E-state index contributed by atoms with van der Waals surface area (Å²) < 4.78 is 31.9. The molecule has 0 aromatic heterocycles. The van der Waals surface area contributed by atoms with E-state index in [1.54, 1.807) is 6.92 Å². The van der Waals surface area contributed by atoms with Crippen molar-refractivity contribution in [2.24, 2.45) is 5.92 Å². The van der Waals surface area contributed by atoms with Gasteiger partial charge in [-0.1, -0.05) is 12.1 Å². The predicted molar refractivity (Wildman–Crippen MR) is 95.8 cm³/mol. The molecule has 1 aliphatic heterocycles. The van der Waals surface area contributed by atoms with Gasteiger partial charge in [0.25, 0.3) is 0 Å². The Labute approximate surface area is 158 Å². The average Bonchev–Trinajstić information content (AvgIpc) is 2.66. The average molecular weight is 397 g/mol. The van der Waals surface area contributed by atoms with Gasteiger partial charge in [-0.2, -0.15) is 4.31 Å². The lowest BCUT2D eigenvalue weighted by Crippen LogP contribution is -2.42. The summed E-state index contributed by atoms with van der Waals surface area (Å²) in [6, 6.07) is 5.42. The van der Waals surface area contributed by atoms with Crippen LogP contribution in [0.3, 0.4) is 0 Å². The highest BCUT2D eigenvalue weighted by molar-refractivity contribution is 7.89. The minimum absolute atomic E-state index is 0.0294. The molecule has 1 heterocycles. The Balaban J connectivity index is 2.10. The van der Waals surface area contributed by atoms with Gasteiger partial charge in [0.2, 0.25) is 10.0 Å². The Morgan fingerprint density at radius 2 is 1.85 bits per heavy atom. The van der Waals surface area contributed by atoms with Crippen LogP contribution in [0.25, 0.3) is 0 Å². The predicted octanol–water partition coefficient (Wildman–Crippen LogP) is 1.70. The van der Waals surface area contributed by atoms with Crippen molar-refractivity contribution in [3.63, 3.8) is 0 Å². The molecule has 8 nitrogen and oxygen atoms in total. The normalized spacial score (nSPS) is 18.0. The lowest BCUT2D eigenvalue weighted by Gasteiger charge is -2.30. The van der Waals surface area contributed by atoms with Crippen LogP contribution in [-0.2, 0) is 24.3 Å². The van der Waals surface area contributed by atoms with Gasteiger partial charge < -0.3 is 9.84 Å². The zero-order chi connectivity index (χ0) is 20.0. The van der Waals surface area contributed by atoms with Gasteiger partial charge in [0, 0.05) is 25.1 Å². The molecule has 1 N–H and O–H groups in total. The Morgan fingerprint density at radius 3 is 2.44 bits per heavy atom. The molecule has 1 atom stereocenters. The molecule has 0 aliphatic carbocycles. The maximum atomic E-state index is 12.8. The van der Waals surface area contributed by atoms with Gasteiger partial charge in [0.1, 0.15) is 0 Å². The molecule has 148 valence electrons. The highest BCUT2D eigenvalue weighted by atomic mass is 32.2. The first-order valence-corrected chi connectivity index (χ1v) is 10.2. The summed E-state index contributed by atoms with van der Waals surface area (Å²) >= 11 is 0. The van der Waals surface area contributed by atoms with E-state index in [0.717, 1.165) is 0 Å². The van der Waals surface area contributed by atoms with Crippen molar-refractivity contribution in [1.29, 1.82) is 0 Å². The highest BCUT2D eigenvalue weighted by Gasteiger charge is 2.34. The summed E-state index contributed by atoms with van der Waals surface area (Å²) in [6.45, 7) is 2.34. The van der Waals surface area contributed by atoms with Crippen molar-refractivity contribution in [2.45, 2.75) is 37.5 Å². The molecule has 0 bridgehead atoms. The molecule has 1 saturated heterocycles. The molecule has 1 unspecified atom stereocenters. The van der Waals surface area contributed by atoms with Crippen molar-refractivity contribution in [2.75, 3.05) is 19.7 Å². The maximum Gasteiger partial charge on any atom is 0.310 e. The number of carboxylic acid groups (broad SMARTS) is 1. The number of hydrogen-bond donors (Lipinski definition) is 1. The van der Waals surface area contributed by atoms with E-state index in [9.17, 15) is 22.8 Å². The monoisotopic (exact) mass is 397 g/mol. The molecule has 27 heavy (non-hydrogen) atoms. The summed E-state index contributed by atoms with van der Waals surface area (Å²) in [7, 11) is -3.79. The van der Waals surface area contributed by atoms with Gasteiger partial charge in [-0.05, 0) is 31.9 Å². The molecule has 0 saturated carbocycles. The first kappa shape index (κ1) is 21.0. The fourth-order valence-corrected chi connectivity index (χ4v) is 4.46. The van der Waals surface area contributed by atoms with Gasteiger partial charge in [-0.15, -0.1) is 0 Å². The Hall–Kier alpha value is -2.26. The Morgan fingerprint density at radius 1 is 1.19 bits per heavy atom. The molecule has 0 amide bonds. The second-order valence-corrected chi connectivity index (χ2v) is 8.23. The van der Waals surface area contributed by atoms with E-state index >= 15 is 0 Å². The molecule has 9 heteroatoms. The number of carbonyl (C=O) groups excluding carboxylic acids is 2. The third-order valence-corrected chi connectivity index (χ3v) is 6.26. The van der Waals surface area contributed by atoms with Crippen LogP contribution in [0.4, 0.5) is 0 Å². The highest BCUT2D eigenvalue weighted by Crippen LogP contribution is 2.25. The van der Waals surface area contributed by atoms with Crippen molar-refractivity contribution in [1.82, 2.24) is 4.31 Å². The van der Waals surface area contributed by atoms with Crippen molar-refractivity contribution >= 4 is 27.7 Å². The van der Waals surface area contributed by atoms with Gasteiger partial charge in [-0.3, -0.25) is 14.4 Å². The second kappa shape index (κ2) is 9.09. The molecule has 1 aromatic carbocycles. The van der Waals surface area contributed by atoms with E-state index in [4.69, 9.17) is 9.84 Å². The van der Waals surface area contributed by atoms with Crippen LogP contribution in [0.2, 0.25) is 0 Å². The molecule has 0 spiro atoms. The number of nitrogens with zero attached hydrogens (tertiary/aromatic N) is 1. The number of Topliss-reactive ketones (excluding diaryl/α,β-unsaturated/α-hetero) is 1.